The maximum absolute atomic E-state index is 13.1. The summed E-state index contributed by atoms with van der Waals surface area (Å²) in [6.45, 7) is 6.94. The van der Waals surface area contributed by atoms with Gasteiger partial charge in [-0.15, -0.1) is 10.2 Å². The van der Waals surface area contributed by atoms with E-state index in [-0.39, 0.29) is 24.5 Å². The molecule has 40 heavy (non-hydrogen) atoms. The summed E-state index contributed by atoms with van der Waals surface area (Å²) in [6, 6.07) is 16.0. The van der Waals surface area contributed by atoms with Crippen LogP contribution in [0.2, 0.25) is 5.15 Å². The van der Waals surface area contributed by atoms with Gasteiger partial charge in [-0.3, -0.25) is 9.69 Å². The van der Waals surface area contributed by atoms with Crippen LogP contribution < -0.4 is 0 Å². The molecule has 0 fully saturated rings. The molecular weight excluding hydrogens is 526 g/mol. The number of hydrogen-bond donors (Lipinski definition) is 1. The topological polar surface area (TPSA) is 102 Å². The van der Waals surface area contributed by atoms with Crippen molar-refractivity contribution in [2.75, 3.05) is 14.1 Å². The standard InChI is InChI=1S/C30H38ClN7O2/c1-6-8-13-26-32-28(31)25(19-40-30(39)27(37(4)5)20(3)7-2)38(26)18-21-14-16-22(17-15-21)23-11-9-10-12-24(23)29-33-35-36-34-29/h9-12,14-17,20,27H,6-8,13,18-19H2,1-5H3,(H,33,34,35,36)/t20-,27-/m0/s1. The second kappa shape index (κ2) is 13.7. The van der Waals surface area contributed by atoms with Gasteiger partial charge in [-0.2, -0.15) is 5.21 Å². The van der Waals surface area contributed by atoms with Gasteiger partial charge in [-0.1, -0.05) is 93.7 Å². The first-order chi connectivity index (χ1) is 19.3. The number of aromatic nitrogens is 6. The van der Waals surface area contributed by atoms with Crippen LogP contribution in [-0.4, -0.2) is 61.2 Å². The van der Waals surface area contributed by atoms with Gasteiger partial charge >= 0.3 is 5.97 Å². The molecule has 0 saturated carbocycles. The highest BCUT2D eigenvalue weighted by atomic mass is 35.5. The van der Waals surface area contributed by atoms with Gasteiger partial charge in [0.15, 0.2) is 5.15 Å². The zero-order chi connectivity index (χ0) is 28.6. The van der Waals surface area contributed by atoms with Crippen molar-refractivity contribution in [2.24, 2.45) is 5.92 Å². The van der Waals surface area contributed by atoms with E-state index in [1.54, 1.807) is 0 Å². The van der Waals surface area contributed by atoms with Crippen molar-refractivity contribution in [3.05, 3.63) is 70.8 Å². The number of nitrogens with zero attached hydrogens (tertiary/aromatic N) is 6. The molecule has 2 heterocycles. The summed E-state index contributed by atoms with van der Waals surface area (Å²) >= 11 is 6.63. The zero-order valence-corrected chi connectivity index (χ0v) is 24.6. The lowest BCUT2D eigenvalue weighted by Gasteiger charge is -2.27. The summed E-state index contributed by atoms with van der Waals surface area (Å²) in [4.78, 5) is 19.6. The van der Waals surface area contributed by atoms with Crippen LogP contribution in [0.3, 0.4) is 0 Å². The number of carbonyl (C=O) groups is 1. The van der Waals surface area contributed by atoms with E-state index >= 15 is 0 Å². The second-order valence-electron chi connectivity index (χ2n) is 10.3. The van der Waals surface area contributed by atoms with Crippen molar-refractivity contribution in [3.8, 4) is 22.5 Å². The van der Waals surface area contributed by atoms with Crippen LogP contribution in [0.4, 0.5) is 0 Å². The summed E-state index contributed by atoms with van der Waals surface area (Å²) in [7, 11) is 3.81. The SMILES string of the molecule is CCCCc1nc(Cl)c(COC(=O)[C@H]([C@@H](C)CC)N(C)C)n1Cc1ccc(-c2ccccc2-c2nn[nH]n2)cc1. The third-order valence-electron chi connectivity index (χ3n) is 7.31. The van der Waals surface area contributed by atoms with E-state index in [0.717, 1.165) is 53.8 Å². The van der Waals surface area contributed by atoms with Crippen LogP contribution in [0.15, 0.2) is 48.5 Å². The Bertz CT molecular complexity index is 1380. The summed E-state index contributed by atoms with van der Waals surface area (Å²) in [5.41, 5.74) is 4.78. The molecule has 2 atom stereocenters. The molecule has 4 aromatic rings. The molecule has 0 spiro atoms. The third-order valence-corrected chi connectivity index (χ3v) is 7.61. The molecule has 2 aromatic heterocycles. The minimum absolute atomic E-state index is 0.0771. The number of aromatic amines is 1. The lowest BCUT2D eigenvalue weighted by Crippen LogP contribution is -2.42. The van der Waals surface area contributed by atoms with E-state index in [1.165, 1.54) is 0 Å². The van der Waals surface area contributed by atoms with Gasteiger partial charge in [0.25, 0.3) is 0 Å². The monoisotopic (exact) mass is 563 g/mol. The largest absolute Gasteiger partial charge is 0.458 e. The normalized spacial score (nSPS) is 13.0. The number of carbonyl (C=O) groups excluding carboxylic acids is 1. The molecule has 0 aliphatic rings. The quantitative estimate of drug-likeness (QED) is 0.205. The Morgan fingerprint density at radius 1 is 1.10 bits per heavy atom. The fourth-order valence-electron chi connectivity index (χ4n) is 4.93. The number of aryl methyl sites for hydroxylation is 1. The minimum Gasteiger partial charge on any atom is -0.458 e. The Morgan fingerprint density at radius 3 is 2.45 bits per heavy atom. The van der Waals surface area contributed by atoms with Crippen molar-refractivity contribution in [2.45, 2.75) is 65.6 Å². The molecule has 0 amide bonds. The number of halogens is 1. The zero-order valence-electron chi connectivity index (χ0n) is 23.9. The van der Waals surface area contributed by atoms with Crippen LogP contribution in [0.1, 0.15) is 57.1 Å². The minimum atomic E-state index is -0.317. The van der Waals surface area contributed by atoms with Gasteiger partial charge in [0.2, 0.25) is 5.82 Å². The number of unbranched alkanes of at least 4 members (excludes halogenated alkanes) is 1. The van der Waals surface area contributed by atoms with Crippen LogP contribution in [0, 0.1) is 5.92 Å². The van der Waals surface area contributed by atoms with E-state index in [1.807, 2.05) is 43.3 Å². The molecule has 1 N–H and O–H groups in total. The number of nitrogens with one attached hydrogen (secondary N) is 1. The summed E-state index contributed by atoms with van der Waals surface area (Å²) in [5.74, 6) is 1.38. The van der Waals surface area contributed by atoms with Crippen molar-refractivity contribution < 1.29 is 9.53 Å². The fraction of sp³-hybridized carbons (Fsp3) is 0.433. The first-order valence-electron chi connectivity index (χ1n) is 13.8. The van der Waals surface area contributed by atoms with E-state index in [9.17, 15) is 4.79 Å². The molecule has 0 aliphatic heterocycles. The summed E-state index contributed by atoms with van der Waals surface area (Å²) in [6.07, 6.45) is 3.72. The highest BCUT2D eigenvalue weighted by Crippen LogP contribution is 2.30. The number of imidazole rings is 1. The first-order valence-corrected chi connectivity index (χ1v) is 14.2. The molecule has 10 heteroatoms. The van der Waals surface area contributed by atoms with Crippen molar-refractivity contribution in [1.82, 2.24) is 35.1 Å². The molecule has 9 nitrogen and oxygen atoms in total. The van der Waals surface area contributed by atoms with Gasteiger partial charge in [0.05, 0.1) is 5.69 Å². The van der Waals surface area contributed by atoms with Crippen LogP contribution in [0.25, 0.3) is 22.5 Å². The fourth-order valence-corrected chi connectivity index (χ4v) is 5.19. The number of ether oxygens (including phenoxy) is 1. The Kier molecular flexibility index (Phi) is 10.1. The average molecular weight is 564 g/mol. The predicted octanol–water partition coefficient (Wildman–Crippen LogP) is 5.79. The van der Waals surface area contributed by atoms with Gasteiger partial charge in [0, 0.05) is 18.5 Å². The Balaban J connectivity index is 1.58. The summed E-state index contributed by atoms with van der Waals surface area (Å²) < 4.78 is 7.93. The molecule has 4 rings (SSSR count). The van der Waals surface area contributed by atoms with Crippen LogP contribution in [-0.2, 0) is 29.1 Å². The molecule has 0 unspecified atom stereocenters. The van der Waals surface area contributed by atoms with Crippen molar-refractivity contribution >= 4 is 17.6 Å². The van der Waals surface area contributed by atoms with Gasteiger partial charge in [-0.05, 0) is 48.3 Å². The predicted molar refractivity (Wildman–Crippen MR) is 157 cm³/mol. The Morgan fingerprint density at radius 2 is 1.82 bits per heavy atom. The second-order valence-corrected chi connectivity index (χ2v) is 10.7. The van der Waals surface area contributed by atoms with Gasteiger partial charge in [0.1, 0.15) is 18.5 Å². The van der Waals surface area contributed by atoms with Crippen LogP contribution in [0.5, 0.6) is 0 Å². The Hall–Kier alpha value is -3.56. The highest BCUT2D eigenvalue weighted by molar-refractivity contribution is 6.30. The molecule has 212 valence electrons. The number of rotatable bonds is 13. The number of likely N-dealkylation sites (N-methyl/N-ethyl adjacent to an activating group) is 1. The lowest BCUT2D eigenvalue weighted by atomic mass is 9.98. The molecule has 0 radical (unpaired) electrons. The van der Waals surface area contributed by atoms with Gasteiger partial charge < -0.3 is 9.30 Å². The first kappa shape index (κ1) is 29.4. The van der Waals surface area contributed by atoms with Crippen LogP contribution >= 0.6 is 11.6 Å². The number of tetrazole rings is 1. The maximum Gasteiger partial charge on any atom is 0.324 e. The number of esters is 1. The van der Waals surface area contributed by atoms with Crippen molar-refractivity contribution in [3.63, 3.8) is 0 Å². The van der Waals surface area contributed by atoms with E-state index < -0.39 is 0 Å². The molecule has 0 aliphatic carbocycles. The molecular formula is C30H38ClN7O2. The molecule has 0 saturated heterocycles. The average Bonchev–Trinajstić information content (AvgIpc) is 3.59. The van der Waals surface area contributed by atoms with E-state index in [0.29, 0.717) is 23.2 Å². The van der Waals surface area contributed by atoms with E-state index in [4.69, 9.17) is 16.3 Å². The highest BCUT2D eigenvalue weighted by Gasteiger charge is 2.28. The third kappa shape index (κ3) is 6.77. The smallest absolute Gasteiger partial charge is 0.324 e. The number of H-pyrrole nitrogens is 1. The lowest BCUT2D eigenvalue weighted by molar-refractivity contribution is -0.152. The van der Waals surface area contributed by atoms with Crippen molar-refractivity contribution in [1.29, 1.82) is 0 Å². The maximum atomic E-state index is 13.1. The molecule has 0 bridgehead atoms. The van der Waals surface area contributed by atoms with Gasteiger partial charge in [-0.25, -0.2) is 4.98 Å². The number of benzene rings is 2. The number of hydrogen-bond acceptors (Lipinski definition) is 7. The summed E-state index contributed by atoms with van der Waals surface area (Å²) in [5, 5.41) is 14.9. The Labute approximate surface area is 240 Å². The molecule has 2 aromatic carbocycles. The van der Waals surface area contributed by atoms with E-state index in [2.05, 4.69) is 75.2 Å².